The maximum atomic E-state index is 12.5. The number of carboxylic acids is 1. The van der Waals surface area contributed by atoms with Gasteiger partial charge in [-0.2, -0.15) is 0 Å². The van der Waals surface area contributed by atoms with Gasteiger partial charge in [0.15, 0.2) is 0 Å². The predicted octanol–water partition coefficient (Wildman–Crippen LogP) is 1.31. The third kappa shape index (κ3) is 3.95. The number of nitrogens with two attached hydrogens (primary N) is 1. The highest BCUT2D eigenvalue weighted by Gasteiger charge is 2.26. The molecule has 3 rings (SSSR count). The highest BCUT2D eigenvalue weighted by Crippen LogP contribution is 2.23. The maximum absolute atomic E-state index is 12.5. The van der Waals surface area contributed by atoms with E-state index in [-0.39, 0.29) is 24.2 Å². The summed E-state index contributed by atoms with van der Waals surface area (Å²) in [5.41, 5.74) is 7.96. The third-order valence-electron chi connectivity index (χ3n) is 4.32. The van der Waals surface area contributed by atoms with Gasteiger partial charge in [-0.05, 0) is 36.2 Å². The Bertz CT molecular complexity index is 937. The van der Waals surface area contributed by atoms with E-state index in [1.807, 2.05) is 0 Å². The highest BCUT2D eigenvalue weighted by atomic mass is 16.4. The summed E-state index contributed by atoms with van der Waals surface area (Å²) in [6.45, 7) is 0.00366. The molecule has 1 aliphatic rings. The van der Waals surface area contributed by atoms with Crippen molar-refractivity contribution in [3.05, 3.63) is 64.7 Å². The number of fused-ring (bicyclic) bond motifs is 1. The molecular formula is C19H18N4O4. The van der Waals surface area contributed by atoms with Crippen molar-refractivity contribution in [1.82, 2.24) is 4.90 Å². The summed E-state index contributed by atoms with van der Waals surface area (Å²) in [7, 11) is 0. The number of benzene rings is 2. The fourth-order valence-corrected chi connectivity index (χ4v) is 2.92. The number of aliphatic carboxylic acids is 1. The smallest absolute Gasteiger partial charge is 0.323 e. The molecule has 27 heavy (non-hydrogen) atoms. The number of carbonyl (C=O) groups is 3. The van der Waals surface area contributed by atoms with Crippen LogP contribution in [0.4, 0.5) is 5.69 Å². The highest BCUT2D eigenvalue weighted by molar-refractivity contribution is 6.06. The number of nitrogens with zero attached hydrogens (tertiary/aromatic N) is 1. The molecule has 0 fully saturated rings. The van der Waals surface area contributed by atoms with Crippen LogP contribution in [0.1, 0.15) is 31.8 Å². The number of anilines is 1. The van der Waals surface area contributed by atoms with Gasteiger partial charge in [0, 0.05) is 28.9 Å². The van der Waals surface area contributed by atoms with Crippen LogP contribution in [0.5, 0.6) is 0 Å². The molecule has 0 aliphatic carbocycles. The normalized spacial score (nSPS) is 13.0. The zero-order valence-electron chi connectivity index (χ0n) is 14.4. The Labute approximate surface area is 155 Å². The predicted molar refractivity (Wildman–Crippen MR) is 99.1 cm³/mol. The van der Waals surface area contributed by atoms with Crippen LogP contribution in [0.25, 0.3) is 0 Å². The molecule has 0 bridgehead atoms. The zero-order chi connectivity index (χ0) is 19.6. The van der Waals surface area contributed by atoms with Crippen molar-refractivity contribution in [2.45, 2.75) is 6.42 Å². The first-order valence-corrected chi connectivity index (χ1v) is 8.25. The summed E-state index contributed by atoms with van der Waals surface area (Å²) < 4.78 is 0. The number of nitrogen functional groups attached to an aromatic ring is 1. The fourth-order valence-electron chi connectivity index (χ4n) is 2.92. The Morgan fingerprint density at radius 3 is 2.44 bits per heavy atom. The minimum Gasteiger partial charge on any atom is -0.480 e. The largest absolute Gasteiger partial charge is 0.480 e. The van der Waals surface area contributed by atoms with Gasteiger partial charge < -0.3 is 21.1 Å². The number of hydrogen-bond donors (Lipinski definition) is 4. The Morgan fingerprint density at radius 2 is 1.81 bits per heavy atom. The second-order valence-corrected chi connectivity index (χ2v) is 6.19. The van der Waals surface area contributed by atoms with E-state index in [0.717, 1.165) is 5.56 Å². The van der Waals surface area contributed by atoms with E-state index in [1.54, 1.807) is 42.5 Å². The topological polar surface area (TPSA) is 137 Å². The number of carboxylic acid groups (broad SMARTS) is 1. The van der Waals surface area contributed by atoms with E-state index in [1.165, 1.54) is 4.90 Å². The van der Waals surface area contributed by atoms with E-state index < -0.39 is 5.97 Å². The average Bonchev–Trinajstić information content (AvgIpc) is 2.64. The maximum Gasteiger partial charge on any atom is 0.323 e. The molecule has 0 saturated heterocycles. The monoisotopic (exact) mass is 366 g/mol. The van der Waals surface area contributed by atoms with Crippen LogP contribution in [0.15, 0.2) is 42.5 Å². The van der Waals surface area contributed by atoms with E-state index in [9.17, 15) is 14.4 Å². The molecule has 8 heteroatoms. The van der Waals surface area contributed by atoms with Crippen molar-refractivity contribution in [3.63, 3.8) is 0 Å². The van der Waals surface area contributed by atoms with Crippen molar-refractivity contribution < 1.29 is 19.5 Å². The summed E-state index contributed by atoms with van der Waals surface area (Å²) in [4.78, 5) is 37.0. The fraction of sp³-hybridized carbons (Fsp3) is 0.158. The summed E-state index contributed by atoms with van der Waals surface area (Å²) in [6.07, 6.45) is 0.565. The van der Waals surface area contributed by atoms with Gasteiger partial charge in [0.2, 0.25) is 0 Å². The van der Waals surface area contributed by atoms with Crippen LogP contribution in [-0.2, 0) is 11.2 Å². The van der Waals surface area contributed by atoms with Gasteiger partial charge in [-0.25, -0.2) is 0 Å². The molecule has 5 N–H and O–H groups in total. The molecular weight excluding hydrogens is 348 g/mol. The molecule has 0 unspecified atom stereocenters. The summed E-state index contributed by atoms with van der Waals surface area (Å²) in [5, 5.41) is 19.0. The van der Waals surface area contributed by atoms with Crippen LogP contribution in [-0.4, -0.2) is 46.7 Å². The van der Waals surface area contributed by atoms with Gasteiger partial charge >= 0.3 is 5.97 Å². The van der Waals surface area contributed by atoms with Gasteiger partial charge in [-0.15, -0.1) is 0 Å². The summed E-state index contributed by atoms with van der Waals surface area (Å²) >= 11 is 0. The van der Waals surface area contributed by atoms with Crippen LogP contribution >= 0.6 is 0 Å². The Morgan fingerprint density at radius 1 is 1.15 bits per heavy atom. The third-order valence-corrected chi connectivity index (χ3v) is 4.32. The molecule has 1 aliphatic heterocycles. The number of nitrogens with one attached hydrogen (secondary N) is 2. The average molecular weight is 366 g/mol. The van der Waals surface area contributed by atoms with Crippen molar-refractivity contribution in [2.75, 3.05) is 18.4 Å². The second-order valence-electron chi connectivity index (χ2n) is 6.19. The number of carbonyl (C=O) groups excluding carboxylic acids is 2. The molecule has 0 atom stereocenters. The van der Waals surface area contributed by atoms with Crippen LogP contribution in [0.3, 0.4) is 0 Å². The van der Waals surface area contributed by atoms with Gasteiger partial charge in [0.25, 0.3) is 11.8 Å². The molecule has 8 nitrogen and oxygen atoms in total. The van der Waals surface area contributed by atoms with Crippen LogP contribution in [0, 0.1) is 5.41 Å². The zero-order valence-corrected chi connectivity index (χ0v) is 14.4. The van der Waals surface area contributed by atoms with Crippen molar-refractivity contribution in [1.29, 1.82) is 5.41 Å². The van der Waals surface area contributed by atoms with Crippen LogP contribution < -0.4 is 11.1 Å². The molecule has 0 spiro atoms. The van der Waals surface area contributed by atoms with E-state index in [0.29, 0.717) is 35.3 Å². The van der Waals surface area contributed by atoms with Gasteiger partial charge in [0.1, 0.15) is 12.4 Å². The van der Waals surface area contributed by atoms with Crippen molar-refractivity contribution >= 4 is 29.3 Å². The molecule has 2 amide bonds. The first kappa shape index (κ1) is 18.1. The standard InChI is InChI=1S/C19H18N4O4/c20-17(21)12-1-3-13(4-2-12)18(26)22-14-6-5-11-7-8-23(10-16(24)25)19(27)15(11)9-14/h1-6,9H,7-8,10H2,(H3,20,21)(H,22,26)(H,24,25). The summed E-state index contributed by atoms with van der Waals surface area (Å²) in [5.74, 6) is -1.87. The Kier molecular flexibility index (Phi) is 4.89. The quantitative estimate of drug-likeness (QED) is 0.467. The van der Waals surface area contributed by atoms with Crippen molar-refractivity contribution in [2.24, 2.45) is 5.73 Å². The minimum absolute atomic E-state index is 0.0823. The van der Waals surface area contributed by atoms with Gasteiger partial charge in [0.05, 0.1) is 0 Å². The first-order valence-electron chi connectivity index (χ1n) is 8.25. The lowest BCUT2D eigenvalue weighted by molar-refractivity contribution is -0.137. The summed E-state index contributed by atoms with van der Waals surface area (Å²) in [6, 6.07) is 11.3. The Balaban J connectivity index is 1.78. The van der Waals surface area contributed by atoms with Gasteiger partial charge in [-0.1, -0.05) is 18.2 Å². The molecule has 0 radical (unpaired) electrons. The SMILES string of the molecule is N=C(N)c1ccc(C(=O)Nc2ccc3c(c2)C(=O)N(CC(=O)O)CC3)cc1. The Hall–Kier alpha value is -3.68. The van der Waals surface area contributed by atoms with Crippen LogP contribution in [0.2, 0.25) is 0 Å². The number of hydrogen-bond acceptors (Lipinski definition) is 4. The lowest BCUT2D eigenvalue weighted by atomic mass is 9.98. The molecule has 0 aromatic heterocycles. The molecule has 138 valence electrons. The van der Waals surface area contributed by atoms with Crippen molar-refractivity contribution in [3.8, 4) is 0 Å². The van der Waals surface area contributed by atoms with E-state index >= 15 is 0 Å². The molecule has 0 saturated carbocycles. The first-order chi connectivity index (χ1) is 12.8. The number of amidine groups is 1. The van der Waals surface area contributed by atoms with E-state index in [4.69, 9.17) is 16.2 Å². The lowest BCUT2D eigenvalue weighted by Gasteiger charge is -2.27. The second kappa shape index (κ2) is 7.28. The molecule has 2 aromatic carbocycles. The number of amides is 2. The number of rotatable bonds is 5. The minimum atomic E-state index is -1.06. The molecule has 1 heterocycles. The molecule has 2 aromatic rings. The van der Waals surface area contributed by atoms with Gasteiger partial charge in [-0.3, -0.25) is 19.8 Å². The van der Waals surface area contributed by atoms with E-state index in [2.05, 4.69) is 5.32 Å². The lowest BCUT2D eigenvalue weighted by Crippen LogP contribution is -2.40.